The van der Waals surface area contributed by atoms with Crippen LogP contribution in [0.3, 0.4) is 0 Å². The summed E-state index contributed by atoms with van der Waals surface area (Å²) in [7, 11) is 0. The summed E-state index contributed by atoms with van der Waals surface area (Å²) in [5.41, 5.74) is 4.39. The molecule has 1 atom stereocenters. The second-order valence-corrected chi connectivity index (χ2v) is 11.1. The first-order valence-electron chi connectivity index (χ1n) is 12.7. The van der Waals surface area contributed by atoms with Gasteiger partial charge in [0.25, 0.3) is 0 Å². The van der Waals surface area contributed by atoms with Crippen LogP contribution < -0.4 is 10.6 Å². The van der Waals surface area contributed by atoms with Crippen molar-refractivity contribution >= 4 is 33.9 Å². The van der Waals surface area contributed by atoms with Crippen molar-refractivity contribution in [2.24, 2.45) is 5.41 Å². The van der Waals surface area contributed by atoms with Gasteiger partial charge in [-0.2, -0.15) is 10.5 Å². The van der Waals surface area contributed by atoms with Crippen LogP contribution in [-0.2, 0) is 0 Å². The van der Waals surface area contributed by atoms with Crippen LogP contribution >= 0.6 is 11.6 Å². The van der Waals surface area contributed by atoms with Crippen molar-refractivity contribution in [2.75, 3.05) is 30.5 Å². The molecule has 0 bridgehead atoms. The molecule has 2 aromatic carbocycles. The number of anilines is 2. The van der Waals surface area contributed by atoms with Crippen LogP contribution in [0, 0.1) is 35.0 Å². The van der Waals surface area contributed by atoms with E-state index >= 15 is 0 Å². The van der Waals surface area contributed by atoms with Crippen molar-refractivity contribution in [3.63, 3.8) is 0 Å². The zero-order valence-corrected chi connectivity index (χ0v) is 23.4. The molecule has 0 aliphatic carbocycles. The molecule has 2 heterocycles. The number of hydrogen-bond acceptors (Lipinski definition) is 7. The zero-order valence-electron chi connectivity index (χ0n) is 22.6. The summed E-state index contributed by atoms with van der Waals surface area (Å²) in [6.07, 6.45) is 2.99. The number of nitrogens with one attached hydrogen (secondary N) is 2. The number of pyridine rings is 1. The third-order valence-corrected chi connectivity index (χ3v) is 6.80. The van der Waals surface area contributed by atoms with Gasteiger partial charge in [-0.05, 0) is 41.7 Å². The number of nitriles is 2. The third-order valence-electron chi connectivity index (χ3n) is 6.51. The average Bonchev–Trinajstić information content (AvgIpc) is 3.40. The van der Waals surface area contributed by atoms with E-state index in [9.17, 15) is 19.3 Å². The van der Waals surface area contributed by atoms with E-state index < -0.39 is 25.4 Å². The SMILES string of the molecule is Cc1c(C#N)cccc1C(Nc1cc(Cl)c2ncc(C#N)c(NCC(C)(C)C)c2c1)c1cn(C(CF)CF)nn1. The zero-order chi connectivity index (χ0) is 29.0. The van der Waals surface area contributed by atoms with Gasteiger partial charge in [0.05, 0.1) is 45.7 Å². The summed E-state index contributed by atoms with van der Waals surface area (Å²) in [5.74, 6) is 0. The molecular formula is C29H29ClF2N8. The number of alkyl halides is 2. The Morgan fingerprint density at radius 2 is 1.82 bits per heavy atom. The quantitative estimate of drug-likeness (QED) is 0.234. The fourth-order valence-electron chi connectivity index (χ4n) is 4.32. The average molecular weight is 563 g/mol. The molecule has 40 heavy (non-hydrogen) atoms. The molecule has 0 amide bonds. The van der Waals surface area contributed by atoms with Gasteiger partial charge in [0.2, 0.25) is 0 Å². The summed E-state index contributed by atoms with van der Waals surface area (Å²) >= 11 is 6.69. The largest absolute Gasteiger partial charge is 0.383 e. The second-order valence-electron chi connectivity index (χ2n) is 10.7. The fourth-order valence-corrected chi connectivity index (χ4v) is 4.59. The number of nitrogens with zero attached hydrogens (tertiary/aromatic N) is 6. The first-order chi connectivity index (χ1) is 19.1. The number of aromatic nitrogens is 4. The Hall–Kier alpha value is -4.28. The molecule has 4 aromatic rings. The first-order valence-corrected chi connectivity index (χ1v) is 13.0. The Morgan fingerprint density at radius 3 is 2.48 bits per heavy atom. The van der Waals surface area contributed by atoms with Crippen LogP contribution in [0.15, 0.2) is 42.7 Å². The van der Waals surface area contributed by atoms with Crippen molar-refractivity contribution in [1.29, 1.82) is 10.5 Å². The van der Waals surface area contributed by atoms with Crippen LogP contribution in [-0.4, -0.2) is 39.9 Å². The lowest BCUT2D eigenvalue weighted by Crippen LogP contribution is -2.20. The lowest BCUT2D eigenvalue weighted by atomic mass is 9.95. The Morgan fingerprint density at radius 1 is 1.10 bits per heavy atom. The maximum Gasteiger partial charge on any atom is 0.114 e. The van der Waals surface area contributed by atoms with Gasteiger partial charge >= 0.3 is 0 Å². The van der Waals surface area contributed by atoms with Crippen LogP contribution in [0.1, 0.15) is 60.8 Å². The molecule has 0 saturated heterocycles. The van der Waals surface area contributed by atoms with E-state index in [0.29, 0.717) is 50.7 Å². The van der Waals surface area contributed by atoms with Gasteiger partial charge in [-0.1, -0.05) is 49.7 Å². The molecule has 1 unspecified atom stereocenters. The molecular weight excluding hydrogens is 534 g/mol. The summed E-state index contributed by atoms with van der Waals surface area (Å²) < 4.78 is 27.9. The number of rotatable bonds is 9. The highest BCUT2D eigenvalue weighted by molar-refractivity contribution is 6.35. The van der Waals surface area contributed by atoms with Gasteiger partial charge in [-0.3, -0.25) is 4.98 Å². The molecule has 206 valence electrons. The molecule has 2 N–H and O–H groups in total. The minimum atomic E-state index is -1.09. The maximum atomic E-state index is 13.4. The predicted octanol–water partition coefficient (Wildman–Crippen LogP) is 6.67. The molecule has 0 fully saturated rings. The van der Waals surface area contributed by atoms with Crippen LogP contribution in [0.25, 0.3) is 10.9 Å². The van der Waals surface area contributed by atoms with E-state index in [2.05, 4.69) is 58.8 Å². The molecule has 0 radical (unpaired) electrons. The smallest absolute Gasteiger partial charge is 0.114 e. The van der Waals surface area contributed by atoms with Crippen LogP contribution in [0.2, 0.25) is 5.02 Å². The molecule has 0 spiro atoms. The minimum absolute atomic E-state index is 0.0563. The normalized spacial score (nSPS) is 12.2. The van der Waals surface area contributed by atoms with Gasteiger partial charge in [0, 0.05) is 23.8 Å². The highest BCUT2D eigenvalue weighted by atomic mass is 35.5. The summed E-state index contributed by atoms with van der Waals surface area (Å²) in [4.78, 5) is 4.42. The van der Waals surface area contributed by atoms with Crippen molar-refractivity contribution in [1.82, 2.24) is 20.0 Å². The summed E-state index contributed by atoms with van der Waals surface area (Å²) in [6, 6.07) is 11.5. The number of fused-ring (bicyclic) bond motifs is 1. The number of hydrogen-bond donors (Lipinski definition) is 2. The summed E-state index contributed by atoms with van der Waals surface area (Å²) in [5, 5.41) is 35.4. The van der Waals surface area contributed by atoms with Gasteiger partial charge < -0.3 is 10.6 Å². The first kappa shape index (κ1) is 28.7. The lowest BCUT2D eigenvalue weighted by molar-refractivity contribution is 0.269. The topological polar surface area (TPSA) is 115 Å². The van der Waals surface area contributed by atoms with E-state index in [4.69, 9.17) is 11.6 Å². The van der Waals surface area contributed by atoms with Crippen molar-refractivity contribution in [3.05, 3.63) is 75.7 Å². The number of benzene rings is 2. The molecule has 0 saturated carbocycles. The molecule has 8 nitrogen and oxygen atoms in total. The van der Waals surface area contributed by atoms with E-state index in [1.54, 1.807) is 18.2 Å². The Kier molecular flexibility index (Phi) is 8.51. The van der Waals surface area contributed by atoms with E-state index in [1.165, 1.54) is 17.1 Å². The molecule has 4 rings (SSSR count). The van der Waals surface area contributed by atoms with Crippen LogP contribution in [0.5, 0.6) is 0 Å². The van der Waals surface area contributed by atoms with Gasteiger partial charge in [0.1, 0.15) is 31.2 Å². The maximum absolute atomic E-state index is 13.4. The van der Waals surface area contributed by atoms with Gasteiger partial charge in [-0.15, -0.1) is 5.10 Å². The Bertz CT molecular complexity index is 1610. The molecule has 0 aliphatic heterocycles. The minimum Gasteiger partial charge on any atom is -0.383 e. The monoisotopic (exact) mass is 562 g/mol. The Labute approximate surface area is 236 Å². The second kappa shape index (κ2) is 11.8. The fraction of sp³-hybridized carbons (Fsp3) is 0.345. The van der Waals surface area contributed by atoms with E-state index in [-0.39, 0.29) is 5.41 Å². The van der Waals surface area contributed by atoms with Crippen LogP contribution in [0.4, 0.5) is 20.2 Å². The third kappa shape index (κ3) is 5.98. The highest BCUT2D eigenvalue weighted by Crippen LogP contribution is 2.36. The predicted molar refractivity (Wildman–Crippen MR) is 152 cm³/mol. The standard InChI is InChI=1S/C29H29ClF2N8/c1-17-18(12-33)6-5-7-22(17)28(25-15-40(39-38-25)21(10-31)11-32)37-20-8-23-26(36-16-29(2,3)4)19(13-34)14-35-27(23)24(30)9-20/h5-9,14-15,21,28,37H,10-11,16H2,1-4H3,(H,35,36). The highest BCUT2D eigenvalue weighted by Gasteiger charge is 2.24. The summed E-state index contributed by atoms with van der Waals surface area (Å²) in [6.45, 7) is 6.82. The van der Waals surface area contributed by atoms with E-state index in [0.717, 1.165) is 11.1 Å². The Balaban J connectivity index is 1.86. The van der Waals surface area contributed by atoms with Crippen molar-refractivity contribution in [3.8, 4) is 12.1 Å². The number of halogens is 3. The van der Waals surface area contributed by atoms with Crippen molar-refractivity contribution < 1.29 is 8.78 Å². The molecule has 11 heteroatoms. The molecule has 2 aromatic heterocycles. The molecule has 0 aliphatic rings. The van der Waals surface area contributed by atoms with Gasteiger partial charge in [-0.25, -0.2) is 13.5 Å². The van der Waals surface area contributed by atoms with E-state index in [1.807, 2.05) is 19.1 Å². The lowest BCUT2D eigenvalue weighted by Gasteiger charge is -2.23. The van der Waals surface area contributed by atoms with Gasteiger partial charge in [0.15, 0.2) is 0 Å². The van der Waals surface area contributed by atoms with Crippen molar-refractivity contribution in [2.45, 2.75) is 39.8 Å².